The first-order chi connectivity index (χ1) is 21.2. The molecular weight excluding hydrogens is 574 g/mol. The van der Waals surface area contributed by atoms with E-state index in [0.29, 0.717) is 11.3 Å². The number of nitrogens with zero attached hydrogens (tertiary/aromatic N) is 1. The highest BCUT2D eigenvalue weighted by Crippen LogP contribution is 2.49. The van der Waals surface area contributed by atoms with E-state index in [0.717, 1.165) is 11.1 Å². The molecule has 45 heavy (non-hydrogen) atoms. The fourth-order valence-electron chi connectivity index (χ4n) is 6.17. The van der Waals surface area contributed by atoms with Crippen molar-refractivity contribution in [1.82, 2.24) is 5.16 Å². The van der Waals surface area contributed by atoms with E-state index >= 15 is 0 Å². The van der Waals surface area contributed by atoms with Crippen LogP contribution in [0.25, 0.3) is 11.3 Å². The Morgan fingerprint density at radius 3 is 1.98 bits per heavy atom. The monoisotopic (exact) mass is 613 g/mol. The Bertz CT molecular complexity index is 1670. The van der Waals surface area contributed by atoms with Crippen LogP contribution in [0.5, 0.6) is 11.5 Å². The molecule has 0 atom stereocenters. The molecule has 0 fully saturated rings. The number of carbonyl (C=O) groups excluding carboxylic acids is 3. The largest absolute Gasteiger partial charge is 0.512 e. The number of Topliss-reactive ketones (excluding diaryl/α,β-unsaturated/α-hetero) is 2. The third-order valence-corrected chi connectivity index (χ3v) is 8.23. The third-order valence-electron chi connectivity index (χ3n) is 8.23. The average molecular weight is 614 g/mol. The van der Waals surface area contributed by atoms with Crippen LogP contribution in [0.4, 0.5) is 0 Å². The van der Waals surface area contributed by atoms with Gasteiger partial charge in [0.2, 0.25) is 0 Å². The normalized spacial score (nSPS) is 18.0. The van der Waals surface area contributed by atoms with Crippen molar-refractivity contribution in [1.29, 1.82) is 0 Å². The van der Waals surface area contributed by atoms with Crippen LogP contribution in [0.3, 0.4) is 0 Å². The molecule has 2 aliphatic carbocycles. The van der Waals surface area contributed by atoms with Crippen molar-refractivity contribution in [2.45, 2.75) is 73.1 Å². The summed E-state index contributed by atoms with van der Waals surface area (Å²) >= 11 is 0. The molecule has 9 nitrogen and oxygen atoms in total. The van der Waals surface area contributed by atoms with E-state index in [1.165, 1.54) is 12.1 Å². The molecule has 236 valence electrons. The van der Waals surface area contributed by atoms with Crippen molar-refractivity contribution in [3.05, 3.63) is 88.0 Å². The summed E-state index contributed by atoms with van der Waals surface area (Å²) in [5.41, 5.74) is 1.49. The lowest BCUT2D eigenvalue weighted by Crippen LogP contribution is -2.33. The number of hydrogen-bond donors (Lipinski definition) is 2. The Morgan fingerprint density at radius 1 is 0.867 bits per heavy atom. The second-order valence-corrected chi connectivity index (χ2v) is 13.5. The summed E-state index contributed by atoms with van der Waals surface area (Å²) < 4.78 is 16.9. The lowest BCUT2D eigenvalue weighted by atomic mass is 9.67. The van der Waals surface area contributed by atoms with Gasteiger partial charge in [0.25, 0.3) is 0 Å². The van der Waals surface area contributed by atoms with Crippen LogP contribution in [0.15, 0.2) is 75.7 Å². The molecule has 0 bridgehead atoms. The van der Waals surface area contributed by atoms with Crippen LogP contribution in [0.1, 0.15) is 87.8 Å². The number of aromatic nitrogens is 1. The number of ketones is 2. The molecule has 0 unspecified atom stereocenters. The molecule has 2 aliphatic rings. The van der Waals surface area contributed by atoms with Gasteiger partial charge in [0, 0.05) is 54.4 Å². The van der Waals surface area contributed by atoms with Gasteiger partial charge >= 0.3 is 5.97 Å². The van der Waals surface area contributed by atoms with E-state index in [1.807, 2.05) is 58.9 Å². The zero-order valence-corrected chi connectivity index (χ0v) is 26.5. The Kier molecular flexibility index (Phi) is 8.49. The summed E-state index contributed by atoms with van der Waals surface area (Å²) in [5.74, 6) is -1.92. The Hall–Kier alpha value is -4.66. The molecule has 0 amide bonds. The summed E-state index contributed by atoms with van der Waals surface area (Å²) in [6.45, 7) is 11.5. The van der Waals surface area contributed by atoms with Gasteiger partial charge < -0.3 is 24.2 Å². The SMILES string of the molecule is CCOc1cc(C(C2=C(O)CC(C)(C)CC2=O)C2=C(O)CC(C)(C)CC2=O)ccc1OC(=O)c1cc(-c2ccc(C)cc2)on1. The first kappa shape index (κ1) is 31.8. The zero-order valence-electron chi connectivity index (χ0n) is 26.5. The van der Waals surface area contributed by atoms with Crippen molar-refractivity contribution >= 4 is 17.5 Å². The number of aryl methyl sites for hydroxylation is 1. The second kappa shape index (κ2) is 12.0. The number of aliphatic hydroxyl groups excluding tert-OH is 2. The molecule has 3 aromatic rings. The maximum Gasteiger partial charge on any atom is 0.366 e. The van der Waals surface area contributed by atoms with Crippen molar-refractivity contribution in [2.24, 2.45) is 10.8 Å². The van der Waals surface area contributed by atoms with E-state index < -0.39 is 22.7 Å². The summed E-state index contributed by atoms with van der Waals surface area (Å²) in [6, 6.07) is 13.8. The topological polar surface area (TPSA) is 136 Å². The summed E-state index contributed by atoms with van der Waals surface area (Å²) in [7, 11) is 0. The first-order valence-corrected chi connectivity index (χ1v) is 15.1. The van der Waals surface area contributed by atoms with Gasteiger partial charge in [0.05, 0.1) is 6.61 Å². The number of hydrogen-bond acceptors (Lipinski definition) is 9. The minimum absolute atomic E-state index is 0.0361. The number of allylic oxidation sites excluding steroid dienone is 4. The van der Waals surface area contributed by atoms with Crippen molar-refractivity contribution in [3.8, 4) is 22.8 Å². The average Bonchev–Trinajstić information content (AvgIpc) is 3.42. The molecule has 0 aliphatic heterocycles. The maximum atomic E-state index is 13.6. The molecule has 1 aromatic heterocycles. The zero-order chi connectivity index (χ0) is 32.7. The summed E-state index contributed by atoms with van der Waals surface area (Å²) in [6.07, 6.45) is 0.836. The number of benzene rings is 2. The number of aliphatic hydroxyl groups is 2. The van der Waals surface area contributed by atoms with Gasteiger partial charge in [0.15, 0.2) is 34.5 Å². The van der Waals surface area contributed by atoms with Crippen LogP contribution >= 0.6 is 0 Å². The Labute approximate surface area is 262 Å². The molecular formula is C36H39NO8. The quantitative estimate of drug-likeness (QED) is 0.193. The number of rotatable bonds is 8. The molecule has 2 aromatic carbocycles. The predicted molar refractivity (Wildman–Crippen MR) is 167 cm³/mol. The summed E-state index contributed by atoms with van der Waals surface area (Å²) in [4.78, 5) is 40.2. The lowest BCUT2D eigenvalue weighted by molar-refractivity contribution is -0.119. The summed E-state index contributed by atoms with van der Waals surface area (Å²) in [5, 5.41) is 26.3. The molecule has 0 radical (unpaired) electrons. The molecule has 0 spiro atoms. The van der Waals surface area contributed by atoms with Gasteiger partial charge in [-0.15, -0.1) is 0 Å². The Morgan fingerprint density at radius 2 is 1.44 bits per heavy atom. The van der Waals surface area contributed by atoms with Crippen LogP contribution < -0.4 is 9.47 Å². The minimum Gasteiger partial charge on any atom is -0.512 e. The third kappa shape index (κ3) is 6.72. The lowest BCUT2D eigenvalue weighted by Gasteiger charge is -2.36. The smallest absolute Gasteiger partial charge is 0.366 e. The van der Waals surface area contributed by atoms with Gasteiger partial charge in [-0.05, 0) is 42.4 Å². The fourth-order valence-corrected chi connectivity index (χ4v) is 6.17. The Balaban J connectivity index is 1.54. The second-order valence-electron chi connectivity index (χ2n) is 13.5. The standard InChI is InChI=1S/C36H39NO8/c1-7-43-30-14-22(12-13-28(30)44-34(42)23-15-29(45-37-23)21-10-8-20(2)9-11-21)31(32-24(38)16-35(3,4)17-25(32)39)33-26(40)18-36(5,6)19-27(33)41/h8-15,31,38,40H,7,16-19H2,1-6H3. The van der Waals surface area contributed by atoms with Crippen LogP contribution in [-0.4, -0.2) is 39.5 Å². The van der Waals surface area contributed by atoms with E-state index in [9.17, 15) is 24.6 Å². The molecule has 2 N–H and O–H groups in total. The van der Waals surface area contributed by atoms with Crippen LogP contribution in [0, 0.1) is 17.8 Å². The van der Waals surface area contributed by atoms with E-state index in [1.54, 1.807) is 19.1 Å². The highest BCUT2D eigenvalue weighted by Gasteiger charge is 2.44. The molecule has 9 heteroatoms. The minimum atomic E-state index is -1.03. The van der Waals surface area contributed by atoms with Gasteiger partial charge in [0.1, 0.15) is 11.5 Å². The number of carbonyl (C=O) groups is 3. The highest BCUT2D eigenvalue weighted by atomic mass is 16.6. The van der Waals surface area contributed by atoms with Crippen LogP contribution in [0.2, 0.25) is 0 Å². The van der Waals surface area contributed by atoms with Gasteiger partial charge in [-0.1, -0.05) is 68.7 Å². The van der Waals surface area contributed by atoms with E-state index in [2.05, 4.69) is 5.16 Å². The molecule has 1 heterocycles. The van der Waals surface area contributed by atoms with Gasteiger partial charge in [-0.25, -0.2) is 4.79 Å². The number of esters is 1. The first-order valence-electron chi connectivity index (χ1n) is 15.1. The maximum absolute atomic E-state index is 13.6. The molecule has 0 saturated heterocycles. The van der Waals surface area contributed by atoms with E-state index in [4.69, 9.17) is 14.0 Å². The molecule has 0 saturated carbocycles. The number of ether oxygens (including phenoxy) is 2. The van der Waals surface area contributed by atoms with Crippen LogP contribution in [-0.2, 0) is 9.59 Å². The van der Waals surface area contributed by atoms with Gasteiger partial charge in [-0.3, -0.25) is 9.59 Å². The van der Waals surface area contributed by atoms with Crippen molar-refractivity contribution in [2.75, 3.05) is 6.61 Å². The predicted octanol–water partition coefficient (Wildman–Crippen LogP) is 7.75. The fraction of sp³-hybridized carbons (Fsp3) is 0.389. The van der Waals surface area contributed by atoms with E-state index in [-0.39, 0.29) is 83.7 Å². The van der Waals surface area contributed by atoms with Crippen molar-refractivity contribution in [3.63, 3.8) is 0 Å². The van der Waals surface area contributed by atoms with Gasteiger partial charge in [-0.2, -0.15) is 0 Å². The molecule has 5 rings (SSSR count). The highest BCUT2D eigenvalue weighted by molar-refractivity contribution is 6.05. The van der Waals surface area contributed by atoms with Crippen molar-refractivity contribution < 1.29 is 38.6 Å².